The number of rotatable bonds is 5. The first kappa shape index (κ1) is 21.2. The number of imide groups is 1. The summed E-state index contributed by atoms with van der Waals surface area (Å²) in [7, 11) is 0. The molecular formula is C15H17F3N4O3S2. The third-order valence-electron chi connectivity index (χ3n) is 3.60. The molecule has 2 rings (SSSR count). The van der Waals surface area contributed by atoms with Gasteiger partial charge in [-0.3, -0.25) is 19.5 Å². The van der Waals surface area contributed by atoms with Crippen LogP contribution in [-0.2, 0) is 11.3 Å². The second kappa shape index (κ2) is 8.30. The Morgan fingerprint density at radius 3 is 2.56 bits per heavy atom. The second-order valence-electron chi connectivity index (χ2n) is 5.54. The number of aromatic nitrogens is 2. The Labute approximate surface area is 160 Å². The Bertz CT molecular complexity index is 937. The lowest BCUT2D eigenvalue weighted by molar-refractivity contribution is -0.124. The largest absolute Gasteiger partial charge is 0.405 e. The highest BCUT2D eigenvalue weighted by atomic mass is 32.2. The molecule has 148 valence electrons. The highest BCUT2D eigenvalue weighted by Crippen LogP contribution is 2.28. The van der Waals surface area contributed by atoms with E-state index in [-0.39, 0.29) is 11.3 Å². The standard InChI is InChI=1S/C15H17F3N4O3S2/c1-4-22-12(24)10-7(2)8(3)27-11(10)21-14(22)26-5-9(23)20-13(25)19-6-15(16,17)18/h4-6H2,1-3H3,(H2,19,20,23,25). The van der Waals surface area contributed by atoms with Crippen LogP contribution in [0, 0.1) is 13.8 Å². The van der Waals surface area contributed by atoms with Crippen LogP contribution in [0.15, 0.2) is 9.95 Å². The summed E-state index contributed by atoms with van der Waals surface area (Å²) in [5.74, 6) is -1.07. The van der Waals surface area contributed by atoms with Crippen LogP contribution < -0.4 is 16.2 Å². The third kappa shape index (κ3) is 5.22. The average Bonchev–Trinajstić information content (AvgIpc) is 2.85. The molecule has 0 saturated heterocycles. The number of nitrogens with one attached hydrogen (secondary N) is 2. The van der Waals surface area contributed by atoms with E-state index in [1.54, 1.807) is 17.6 Å². The molecule has 0 atom stereocenters. The molecule has 0 spiro atoms. The fourth-order valence-corrected chi connectivity index (χ4v) is 4.15. The number of hydrogen-bond acceptors (Lipinski definition) is 6. The molecule has 0 radical (unpaired) electrons. The Hall–Kier alpha value is -2.08. The van der Waals surface area contributed by atoms with Gasteiger partial charge in [-0.1, -0.05) is 11.8 Å². The Balaban J connectivity index is 2.09. The molecule has 12 heteroatoms. The monoisotopic (exact) mass is 422 g/mol. The number of hydrogen-bond donors (Lipinski definition) is 2. The molecule has 0 aliphatic rings. The molecule has 3 amide bonds. The van der Waals surface area contributed by atoms with E-state index in [0.717, 1.165) is 22.2 Å². The van der Waals surface area contributed by atoms with E-state index in [9.17, 15) is 27.6 Å². The van der Waals surface area contributed by atoms with Crippen molar-refractivity contribution in [3.8, 4) is 0 Å². The van der Waals surface area contributed by atoms with Gasteiger partial charge >= 0.3 is 12.2 Å². The Morgan fingerprint density at radius 1 is 1.30 bits per heavy atom. The summed E-state index contributed by atoms with van der Waals surface area (Å²) in [4.78, 5) is 41.7. The molecule has 2 aromatic heterocycles. The first-order valence-corrected chi connectivity index (χ1v) is 9.61. The number of thioether (sulfide) groups is 1. The zero-order chi connectivity index (χ0) is 20.4. The van der Waals surface area contributed by atoms with Gasteiger partial charge in [0.25, 0.3) is 5.56 Å². The summed E-state index contributed by atoms with van der Waals surface area (Å²) in [5, 5.41) is 4.19. The summed E-state index contributed by atoms with van der Waals surface area (Å²) >= 11 is 2.30. The third-order valence-corrected chi connectivity index (χ3v) is 5.68. The van der Waals surface area contributed by atoms with E-state index >= 15 is 0 Å². The van der Waals surface area contributed by atoms with Gasteiger partial charge in [0.2, 0.25) is 5.91 Å². The molecule has 0 bridgehead atoms. The number of thiophene rings is 1. The van der Waals surface area contributed by atoms with Gasteiger partial charge in [0.15, 0.2) is 5.16 Å². The minimum Gasteiger partial charge on any atom is -0.329 e. The second-order valence-corrected chi connectivity index (χ2v) is 7.69. The fraction of sp³-hybridized carbons (Fsp3) is 0.467. The Kier molecular flexibility index (Phi) is 6.52. The molecule has 0 saturated carbocycles. The molecule has 7 nitrogen and oxygen atoms in total. The fourth-order valence-electron chi connectivity index (χ4n) is 2.22. The van der Waals surface area contributed by atoms with E-state index < -0.39 is 24.7 Å². The number of fused-ring (bicyclic) bond motifs is 1. The van der Waals surface area contributed by atoms with Gasteiger partial charge in [-0.15, -0.1) is 11.3 Å². The maximum atomic E-state index is 12.7. The topological polar surface area (TPSA) is 93.1 Å². The van der Waals surface area contributed by atoms with Crippen molar-refractivity contribution in [1.29, 1.82) is 0 Å². The molecule has 2 heterocycles. The van der Waals surface area contributed by atoms with Gasteiger partial charge in [-0.25, -0.2) is 9.78 Å². The number of alkyl halides is 3. The molecule has 0 unspecified atom stereocenters. The highest BCUT2D eigenvalue weighted by Gasteiger charge is 2.28. The lowest BCUT2D eigenvalue weighted by Crippen LogP contribution is -2.44. The van der Waals surface area contributed by atoms with Gasteiger partial charge < -0.3 is 5.32 Å². The van der Waals surface area contributed by atoms with Crippen molar-refractivity contribution in [2.75, 3.05) is 12.3 Å². The van der Waals surface area contributed by atoms with Gasteiger partial charge in [0.05, 0.1) is 11.1 Å². The van der Waals surface area contributed by atoms with Crippen molar-refractivity contribution in [2.45, 2.75) is 38.6 Å². The van der Waals surface area contributed by atoms with Gasteiger partial charge in [0.1, 0.15) is 11.4 Å². The van der Waals surface area contributed by atoms with Gasteiger partial charge in [-0.2, -0.15) is 13.2 Å². The van der Waals surface area contributed by atoms with Crippen LogP contribution in [0.3, 0.4) is 0 Å². The number of carbonyl (C=O) groups excluding carboxylic acids is 2. The van der Waals surface area contributed by atoms with E-state index in [2.05, 4.69) is 4.98 Å². The summed E-state index contributed by atoms with van der Waals surface area (Å²) in [6.45, 7) is 4.29. The molecule has 0 fully saturated rings. The van der Waals surface area contributed by atoms with E-state index in [4.69, 9.17) is 0 Å². The summed E-state index contributed by atoms with van der Waals surface area (Å²) in [6.07, 6.45) is -4.57. The lowest BCUT2D eigenvalue weighted by Gasteiger charge is -2.11. The smallest absolute Gasteiger partial charge is 0.329 e. The molecule has 27 heavy (non-hydrogen) atoms. The summed E-state index contributed by atoms with van der Waals surface area (Å²) in [5.41, 5.74) is 0.653. The number of halogens is 3. The first-order chi connectivity index (χ1) is 12.5. The van der Waals surface area contributed by atoms with Crippen LogP contribution in [0.4, 0.5) is 18.0 Å². The number of carbonyl (C=O) groups is 2. The molecular weight excluding hydrogens is 405 g/mol. The van der Waals surface area contributed by atoms with Crippen molar-refractivity contribution >= 4 is 45.3 Å². The maximum Gasteiger partial charge on any atom is 0.405 e. The molecule has 0 aliphatic heterocycles. The van der Waals surface area contributed by atoms with Crippen molar-refractivity contribution < 1.29 is 22.8 Å². The van der Waals surface area contributed by atoms with Crippen LogP contribution in [0.1, 0.15) is 17.4 Å². The molecule has 0 aromatic carbocycles. The van der Waals surface area contributed by atoms with E-state index in [1.165, 1.54) is 15.9 Å². The number of nitrogens with zero attached hydrogens (tertiary/aromatic N) is 2. The van der Waals surface area contributed by atoms with Crippen molar-refractivity contribution in [2.24, 2.45) is 0 Å². The van der Waals surface area contributed by atoms with Crippen molar-refractivity contribution in [3.63, 3.8) is 0 Å². The lowest BCUT2D eigenvalue weighted by atomic mass is 10.2. The minimum atomic E-state index is -4.57. The van der Waals surface area contributed by atoms with Crippen LogP contribution in [0.25, 0.3) is 10.2 Å². The van der Waals surface area contributed by atoms with Gasteiger partial charge in [-0.05, 0) is 26.3 Å². The zero-order valence-electron chi connectivity index (χ0n) is 14.7. The van der Waals surface area contributed by atoms with Crippen LogP contribution >= 0.6 is 23.1 Å². The molecule has 0 aliphatic carbocycles. The number of amides is 3. The molecule has 2 aromatic rings. The highest BCUT2D eigenvalue weighted by molar-refractivity contribution is 7.99. The predicted octanol–water partition coefficient (Wildman–Crippen LogP) is 2.57. The van der Waals surface area contributed by atoms with Crippen LogP contribution in [-0.4, -0.2) is 40.0 Å². The van der Waals surface area contributed by atoms with Crippen LogP contribution in [0.2, 0.25) is 0 Å². The predicted molar refractivity (Wildman–Crippen MR) is 97.3 cm³/mol. The normalized spacial score (nSPS) is 11.6. The van der Waals surface area contributed by atoms with E-state index in [1.807, 2.05) is 13.8 Å². The van der Waals surface area contributed by atoms with Crippen molar-refractivity contribution in [1.82, 2.24) is 20.2 Å². The van der Waals surface area contributed by atoms with Gasteiger partial charge in [0, 0.05) is 11.4 Å². The van der Waals surface area contributed by atoms with Crippen molar-refractivity contribution in [3.05, 3.63) is 20.8 Å². The number of urea groups is 1. The zero-order valence-corrected chi connectivity index (χ0v) is 16.3. The average molecular weight is 422 g/mol. The summed E-state index contributed by atoms with van der Waals surface area (Å²) < 4.78 is 37.5. The first-order valence-electron chi connectivity index (χ1n) is 7.81. The van der Waals surface area contributed by atoms with E-state index in [0.29, 0.717) is 21.9 Å². The maximum absolute atomic E-state index is 12.7. The number of aryl methyl sites for hydroxylation is 2. The minimum absolute atomic E-state index is 0.213. The molecule has 2 N–H and O–H groups in total. The Morgan fingerprint density at radius 2 is 1.96 bits per heavy atom. The van der Waals surface area contributed by atoms with Crippen LogP contribution in [0.5, 0.6) is 0 Å². The SMILES string of the molecule is CCn1c(SCC(=O)NC(=O)NCC(F)(F)F)nc2sc(C)c(C)c2c1=O. The quantitative estimate of drug-likeness (QED) is 0.571. The summed E-state index contributed by atoms with van der Waals surface area (Å²) in [6, 6.07) is -1.24.